The quantitative estimate of drug-likeness (QED) is 0.430. The molecule has 7 unspecified atom stereocenters. The summed E-state index contributed by atoms with van der Waals surface area (Å²) in [4.78, 5) is 15.5. The van der Waals surface area contributed by atoms with E-state index in [-0.39, 0.29) is 23.1 Å². The van der Waals surface area contributed by atoms with Crippen molar-refractivity contribution in [2.24, 2.45) is 5.92 Å². The summed E-state index contributed by atoms with van der Waals surface area (Å²) >= 11 is 1.61. The zero-order chi connectivity index (χ0) is 22.8. The maximum atomic E-state index is 12.6. The first-order chi connectivity index (χ1) is 15.4. The summed E-state index contributed by atoms with van der Waals surface area (Å²) in [5.41, 5.74) is 0.657. The predicted octanol–water partition coefficient (Wildman–Crippen LogP) is 0.488. The number of aliphatic hydroxyl groups is 3. The molecule has 7 atom stereocenters. The highest BCUT2D eigenvalue weighted by molar-refractivity contribution is 8.00. The van der Waals surface area contributed by atoms with Gasteiger partial charge in [-0.3, -0.25) is 4.79 Å². The number of hydrogen-bond acceptors (Lipinski definition) is 8. The van der Waals surface area contributed by atoms with E-state index in [1.54, 1.807) is 11.8 Å². The monoisotopic (exact) mass is 466 g/mol. The van der Waals surface area contributed by atoms with Gasteiger partial charge in [-0.05, 0) is 50.1 Å². The molecule has 0 bridgehead atoms. The van der Waals surface area contributed by atoms with Gasteiger partial charge in [0, 0.05) is 34.8 Å². The number of likely N-dealkylation sites (N-methyl/N-ethyl adjacent to an activating group) is 1. The van der Waals surface area contributed by atoms with E-state index in [0.717, 1.165) is 17.7 Å². The fourth-order valence-electron chi connectivity index (χ4n) is 4.62. The van der Waals surface area contributed by atoms with Crippen LogP contribution in [0.2, 0.25) is 0 Å². The Balaban J connectivity index is 1.40. The van der Waals surface area contributed by atoms with E-state index in [1.807, 2.05) is 43.1 Å². The van der Waals surface area contributed by atoms with Gasteiger partial charge in [-0.25, -0.2) is 0 Å². The number of benzene rings is 1. The smallest absolute Gasteiger partial charge is 0.254 e. The topological polar surface area (TPSA) is 111 Å². The second-order valence-corrected chi connectivity index (χ2v) is 10.4. The lowest BCUT2D eigenvalue weighted by molar-refractivity contribution is -0.233. The first-order valence-electron chi connectivity index (χ1n) is 11.4. The lowest BCUT2D eigenvalue weighted by atomic mass is 9.88. The predicted molar refractivity (Wildman–Crippen MR) is 121 cm³/mol. The average Bonchev–Trinajstić information content (AvgIpc) is 3.65. The van der Waals surface area contributed by atoms with Crippen molar-refractivity contribution in [3.63, 3.8) is 0 Å². The molecule has 1 aliphatic carbocycles. The number of nitrogens with zero attached hydrogens (tertiary/aromatic N) is 1. The molecule has 4 rings (SSSR count). The molecule has 178 valence electrons. The van der Waals surface area contributed by atoms with Crippen LogP contribution in [0.5, 0.6) is 0 Å². The molecule has 2 heterocycles. The molecule has 0 radical (unpaired) electrons. The molecule has 0 spiro atoms. The minimum Gasteiger partial charge on any atom is -0.388 e. The summed E-state index contributed by atoms with van der Waals surface area (Å²) in [5, 5.41) is 34.6. The van der Waals surface area contributed by atoms with Crippen molar-refractivity contribution in [1.82, 2.24) is 10.2 Å². The molecule has 3 fully saturated rings. The van der Waals surface area contributed by atoms with Gasteiger partial charge >= 0.3 is 0 Å². The zero-order valence-corrected chi connectivity index (χ0v) is 19.4. The van der Waals surface area contributed by atoms with Crippen molar-refractivity contribution in [3.05, 3.63) is 29.8 Å². The van der Waals surface area contributed by atoms with Crippen molar-refractivity contribution in [2.45, 2.75) is 66.5 Å². The van der Waals surface area contributed by atoms with Crippen molar-refractivity contribution in [2.75, 3.05) is 33.4 Å². The fourth-order valence-corrected chi connectivity index (χ4v) is 5.78. The lowest BCUT2D eigenvalue weighted by Crippen LogP contribution is -2.64. The first-order valence-corrected chi connectivity index (χ1v) is 12.3. The van der Waals surface area contributed by atoms with Gasteiger partial charge in [0.2, 0.25) is 0 Å². The molecule has 0 aromatic heterocycles. The van der Waals surface area contributed by atoms with Crippen molar-refractivity contribution >= 4 is 17.7 Å². The Morgan fingerprint density at radius 1 is 1.09 bits per heavy atom. The number of hydrogen-bond donors (Lipinski definition) is 4. The van der Waals surface area contributed by atoms with Crippen LogP contribution < -0.4 is 5.32 Å². The SMILES string of the molecule is CNC(C(C)Sc1ccc(C(=O)N2CCOCC2)cc1)C1OC(C2CC2)C(O)C(O)C1O. The number of aliphatic hydroxyl groups excluding tert-OH is 3. The van der Waals surface area contributed by atoms with Crippen molar-refractivity contribution in [3.8, 4) is 0 Å². The van der Waals surface area contributed by atoms with Gasteiger partial charge in [0.1, 0.15) is 24.4 Å². The third-order valence-corrected chi connectivity index (χ3v) is 7.90. The van der Waals surface area contributed by atoms with Gasteiger partial charge in [-0.1, -0.05) is 6.92 Å². The standard InChI is InChI=1S/C23H34N2O6S/c1-13(17(24-2)22-20(28)18(26)19(27)21(31-22)14-3-4-14)32-16-7-5-15(6-8-16)23(29)25-9-11-30-12-10-25/h5-8,13-14,17-22,24,26-28H,3-4,9-12H2,1-2H3. The lowest BCUT2D eigenvalue weighted by Gasteiger charge is -2.45. The molecule has 2 aliphatic heterocycles. The van der Waals surface area contributed by atoms with Crippen LogP contribution in [0.25, 0.3) is 0 Å². The summed E-state index contributed by atoms with van der Waals surface area (Å²) in [6.07, 6.45) is -2.59. The van der Waals surface area contributed by atoms with E-state index in [9.17, 15) is 20.1 Å². The van der Waals surface area contributed by atoms with Crippen LogP contribution in [0.1, 0.15) is 30.1 Å². The van der Waals surface area contributed by atoms with Crippen LogP contribution in [0.4, 0.5) is 0 Å². The number of amides is 1. The maximum Gasteiger partial charge on any atom is 0.254 e. The summed E-state index contributed by atoms with van der Waals surface area (Å²) in [5.74, 6) is 0.259. The van der Waals surface area contributed by atoms with Gasteiger partial charge in [0.05, 0.1) is 19.3 Å². The molecule has 1 saturated carbocycles. The van der Waals surface area contributed by atoms with Crippen molar-refractivity contribution < 1.29 is 29.6 Å². The first kappa shape index (κ1) is 23.9. The Hall–Kier alpha value is -1.20. The molecule has 2 saturated heterocycles. The van der Waals surface area contributed by atoms with Crippen LogP contribution in [-0.2, 0) is 9.47 Å². The number of thioether (sulfide) groups is 1. The number of nitrogens with one attached hydrogen (secondary N) is 1. The second-order valence-electron chi connectivity index (χ2n) is 8.94. The van der Waals surface area contributed by atoms with Crippen LogP contribution in [-0.4, -0.2) is 101 Å². The molecule has 4 N–H and O–H groups in total. The van der Waals surface area contributed by atoms with Crippen LogP contribution in [0, 0.1) is 5.92 Å². The van der Waals surface area contributed by atoms with E-state index >= 15 is 0 Å². The summed E-state index contributed by atoms with van der Waals surface area (Å²) in [6.45, 7) is 4.42. The molecule has 3 aliphatic rings. The number of ether oxygens (including phenoxy) is 2. The summed E-state index contributed by atoms with van der Waals surface area (Å²) in [6, 6.07) is 7.32. The van der Waals surface area contributed by atoms with Crippen LogP contribution in [0.15, 0.2) is 29.2 Å². The average molecular weight is 467 g/mol. The molecule has 1 amide bonds. The van der Waals surface area contributed by atoms with E-state index in [4.69, 9.17) is 9.47 Å². The fraction of sp³-hybridized carbons (Fsp3) is 0.696. The molecule has 1 aromatic carbocycles. The highest BCUT2D eigenvalue weighted by atomic mass is 32.2. The molecule has 9 heteroatoms. The van der Waals surface area contributed by atoms with Gasteiger partial charge in [0.15, 0.2) is 0 Å². The molecule has 1 aromatic rings. The van der Waals surface area contributed by atoms with Gasteiger partial charge < -0.3 is 35.0 Å². The Morgan fingerprint density at radius 3 is 2.34 bits per heavy atom. The zero-order valence-electron chi connectivity index (χ0n) is 18.6. The molecule has 32 heavy (non-hydrogen) atoms. The number of morpholine rings is 1. The molecular weight excluding hydrogens is 432 g/mol. The Kier molecular flexibility index (Phi) is 7.77. The Morgan fingerprint density at radius 2 is 1.75 bits per heavy atom. The summed E-state index contributed by atoms with van der Waals surface area (Å²) < 4.78 is 11.5. The van der Waals surface area contributed by atoms with E-state index in [1.165, 1.54) is 0 Å². The van der Waals surface area contributed by atoms with E-state index in [2.05, 4.69) is 5.32 Å². The summed E-state index contributed by atoms with van der Waals surface area (Å²) in [7, 11) is 1.81. The molecular formula is C23H34N2O6S. The third-order valence-electron chi connectivity index (χ3n) is 6.69. The van der Waals surface area contributed by atoms with Gasteiger partial charge in [-0.2, -0.15) is 0 Å². The third kappa shape index (κ3) is 5.14. The van der Waals surface area contributed by atoms with E-state index < -0.39 is 30.5 Å². The highest BCUT2D eigenvalue weighted by Crippen LogP contribution is 2.41. The van der Waals surface area contributed by atoms with Crippen LogP contribution >= 0.6 is 11.8 Å². The molecule has 8 nitrogen and oxygen atoms in total. The Labute approximate surface area is 193 Å². The highest BCUT2D eigenvalue weighted by Gasteiger charge is 2.51. The minimum absolute atomic E-state index is 0.00254. The van der Waals surface area contributed by atoms with Crippen molar-refractivity contribution in [1.29, 1.82) is 0 Å². The maximum absolute atomic E-state index is 12.6. The number of carbonyl (C=O) groups is 1. The van der Waals surface area contributed by atoms with Crippen LogP contribution in [0.3, 0.4) is 0 Å². The number of rotatable bonds is 7. The van der Waals surface area contributed by atoms with Gasteiger partial charge in [0.25, 0.3) is 5.91 Å². The largest absolute Gasteiger partial charge is 0.388 e. The normalized spacial score (nSPS) is 33.0. The van der Waals surface area contributed by atoms with E-state index in [0.29, 0.717) is 31.9 Å². The van der Waals surface area contributed by atoms with Gasteiger partial charge in [-0.15, -0.1) is 11.8 Å². The second kappa shape index (κ2) is 10.4. The Bertz CT molecular complexity index is 770. The number of carbonyl (C=O) groups excluding carboxylic acids is 1. The minimum atomic E-state index is -1.22.